The van der Waals surface area contributed by atoms with Gasteiger partial charge in [-0.15, -0.1) is 11.3 Å². The van der Waals surface area contributed by atoms with Gasteiger partial charge in [-0.05, 0) is 25.5 Å². The van der Waals surface area contributed by atoms with E-state index in [1.807, 2.05) is 0 Å². The van der Waals surface area contributed by atoms with Gasteiger partial charge in [-0.1, -0.05) is 18.2 Å². The summed E-state index contributed by atoms with van der Waals surface area (Å²) in [6.45, 7) is 3.31. The van der Waals surface area contributed by atoms with E-state index >= 15 is 0 Å². The first-order valence-corrected chi connectivity index (χ1v) is 7.98. The lowest BCUT2D eigenvalue weighted by molar-refractivity contribution is 0.195. The van der Waals surface area contributed by atoms with Gasteiger partial charge in [0.1, 0.15) is 0 Å². The fraction of sp³-hybridized carbons (Fsp3) is 0.250. The van der Waals surface area contributed by atoms with Crippen LogP contribution in [0.3, 0.4) is 0 Å². The van der Waals surface area contributed by atoms with Crippen molar-refractivity contribution in [3.05, 3.63) is 40.9 Å². The molecule has 2 N–H and O–H groups in total. The Labute approximate surface area is 116 Å². The van der Waals surface area contributed by atoms with Gasteiger partial charge in [0.25, 0.3) is 10.0 Å². The number of nitrogens with one attached hydrogen (secondary N) is 1. The van der Waals surface area contributed by atoms with Crippen LogP contribution in [0.1, 0.15) is 24.3 Å². The van der Waals surface area contributed by atoms with Gasteiger partial charge in [-0.3, -0.25) is 4.72 Å². The van der Waals surface area contributed by atoms with Crippen molar-refractivity contribution in [1.82, 2.24) is 4.98 Å². The maximum atomic E-state index is 12.2. The van der Waals surface area contributed by atoms with Crippen LogP contribution in [-0.4, -0.2) is 18.5 Å². The fourth-order valence-corrected chi connectivity index (χ4v) is 3.85. The summed E-state index contributed by atoms with van der Waals surface area (Å²) >= 11 is 1.14. The molecule has 0 bridgehead atoms. The Kier molecular flexibility index (Phi) is 3.88. The number of sulfonamides is 1. The Morgan fingerprint density at radius 3 is 2.63 bits per heavy atom. The normalized spacial score (nSPS) is 13.2. The molecule has 0 aliphatic heterocycles. The topological polar surface area (TPSA) is 79.3 Å². The van der Waals surface area contributed by atoms with Crippen LogP contribution in [0.2, 0.25) is 0 Å². The van der Waals surface area contributed by atoms with E-state index < -0.39 is 16.1 Å². The number of nitrogens with zero attached hydrogens (tertiary/aromatic N) is 1. The van der Waals surface area contributed by atoms with Gasteiger partial charge in [0.2, 0.25) is 0 Å². The van der Waals surface area contributed by atoms with E-state index in [0.717, 1.165) is 11.3 Å². The van der Waals surface area contributed by atoms with Crippen molar-refractivity contribution in [3.8, 4) is 0 Å². The lowest BCUT2D eigenvalue weighted by Gasteiger charge is -2.07. The zero-order valence-corrected chi connectivity index (χ0v) is 12.1. The van der Waals surface area contributed by atoms with Gasteiger partial charge < -0.3 is 5.11 Å². The highest BCUT2D eigenvalue weighted by atomic mass is 32.2. The van der Waals surface area contributed by atoms with Gasteiger partial charge in [-0.25, -0.2) is 13.4 Å². The summed E-state index contributed by atoms with van der Waals surface area (Å²) in [7, 11) is -3.64. The molecule has 0 fully saturated rings. The molecular weight excluding hydrogens is 284 g/mol. The van der Waals surface area contributed by atoms with Crippen LogP contribution in [-0.2, 0) is 10.0 Å². The second-order valence-electron chi connectivity index (χ2n) is 4.12. The van der Waals surface area contributed by atoms with E-state index in [1.165, 1.54) is 0 Å². The number of anilines is 1. The number of aromatic nitrogens is 1. The summed E-state index contributed by atoms with van der Waals surface area (Å²) < 4.78 is 26.8. The van der Waals surface area contributed by atoms with Gasteiger partial charge in [0.15, 0.2) is 5.13 Å². The molecule has 0 saturated heterocycles. The summed E-state index contributed by atoms with van der Waals surface area (Å²) in [5.41, 5.74) is 1.12. The average Bonchev–Trinajstić information content (AvgIpc) is 2.77. The maximum absolute atomic E-state index is 12.2. The molecule has 7 heteroatoms. The van der Waals surface area contributed by atoms with E-state index in [1.54, 1.807) is 43.5 Å². The molecule has 0 spiro atoms. The molecule has 0 radical (unpaired) electrons. The maximum Gasteiger partial charge on any atom is 0.263 e. The summed E-state index contributed by atoms with van der Waals surface area (Å²) in [6.07, 6.45) is -0.715. The first-order chi connectivity index (χ1) is 8.90. The molecule has 1 aromatic carbocycles. The minimum Gasteiger partial charge on any atom is -0.387 e. The first-order valence-electron chi connectivity index (χ1n) is 5.62. The van der Waals surface area contributed by atoms with Crippen LogP contribution in [0.4, 0.5) is 5.13 Å². The number of hydrogen-bond donors (Lipinski definition) is 2. The van der Waals surface area contributed by atoms with E-state index in [9.17, 15) is 13.5 Å². The van der Waals surface area contributed by atoms with Crippen molar-refractivity contribution in [2.45, 2.75) is 24.8 Å². The molecular formula is C12H14N2O3S2. The third-order valence-electron chi connectivity index (χ3n) is 2.55. The predicted molar refractivity (Wildman–Crippen MR) is 74.7 cm³/mol. The highest BCUT2D eigenvalue weighted by molar-refractivity contribution is 7.93. The predicted octanol–water partition coefficient (Wildman–Crippen LogP) is 2.31. The summed E-state index contributed by atoms with van der Waals surface area (Å²) in [5.74, 6) is 0. The van der Waals surface area contributed by atoms with E-state index in [0.29, 0.717) is 11.3 Å². The average molecular weight is 298 g/mol. The molecule has 0 aliphatic carbocycles. The molecule has 2 rings (SSSR count). The Hall–Kier alpha value is -1.44. The lowest BCUT2D eigenvalue weighted by Crippen LogP contribution is -2.14. The minimum absolute atomic E-state index is 0.226. The summed E-state index contributed by atoms with van der Waals surface area (Å²) in [4.78, 5) is 4.25. The van der Waals surface area contributed by atoms with E-state index in [4.69, 9.17) is 0 Å². The molecule has 2 aromatic rings. The van der Waals surface area contributed by atoms with Crippen LogP contribution in [0.5, 0.6) is 0 Å². The fourth-order valence-electron chi connectivity index (χ4n) is 1.55. The molecule has 5 nitrogen and oxygen atoms in total. The molecule has 1 heterocycles. The molecule has 1 aromatic heterocycles. The van der Waals surface area contributed by atoms with Crippen LogP contribution < -0.4 is 4.72 Å². The monoisotopic (exact) mass is 298 g/mol. The summed E-state index contributed by atoms with van der Waals surface area (Å²) in [5, 5.41) is 11.2. The zero-order chi connectivity index (χ0) is 14.0. The molecule has 0 saturated carbocycles. The van der Waals surface area contributed by atoms with E-state index in [-0.39, 0.29) is 10.0 Å². The number of aliphatic hydroxyl groups excluding tert-OH is 1. The van der Waals surface area contributed by atoms with Gasteiger partial charge >= 0.3 is 0 Å². The number of aliphatic hydroxyl groups is 1. The van der Waals surface area contributed by atoms with Crippen LogP contribution in [0, 0.1) is 6.92 Å². The molecule has 0 aliphatic rings. The van der Waals surface area contributed by atoms with Crippen molar-refractivity contribution in [3.63, 3.8) is 0 Å². The third-order valence-corrected chi connectivity index (χ3v) is 4.96. The zero-order valence-electron chi connectivity index (χ0n) is 10.5. The van der Waals surface area contributed by atoms with Gasteiger partial charge in [0.05, 0.1) is 16.7 Å². The van der Waals surface area contributed by atoms with Gasteiger partial charge in [-0.2, -0.15) is 0 Å². The quantitative estimate of drug-likeness (QED) is 0.907. The van der Waals surface area contributed by atoms with Gasteiger partial charge in [0, 0.05) is 5.38 Å². The van der Waals surface area contributed by atoms with Crippen LogP contribution in [0.15, 0.2) is 34.5 Å². The van der Waals surface area contributed by atoms with Crippen molar-refractivity contribution in [2.75, 3.05) is 4.72 Å². The van der Waals surface area contributed by atoms with E-state index in [2.05, 4.69) is 9.71 Å². The lowest BCUT2D eigenvalue weighted by atomic mass is 10.2. The molecule has 0 amide bonds. The smallest absolute Gasteiger partial charge is 0.263 e. The second kappa shape index (κ2) is 5.28. The summed E-state index contributed by atoms with van der Waals surface area (Å²) in [6, 6.07) is 6.73. The largest absolute Gasteiger partial charge is 0.387 e. The standard InChI is InChI=1S/C12H14N2O3S2/c1-8-5-3-4-6-11(8)19(16,17)14-12-13-10(7-18-12)9(2)15/h3-7,9,15H,1-2H3,(H,13,14). The minimum atomic E-state index is -3.64. The second-order valence-corrected chi connectivity index (χ2v) is 6.63. The SMILES string of the molecule is Cc1ccccc1S(=O)(=O)Nc1nc(C(C)O)cs1. The highest BCUT2D eigenvalue weighted by Crippen LogP contribution is 2.24. The molecule has 19 heavy (non-hydrogen) atoms. The Bertz CT molecular complexity index is 678. The molecule has 1 atom stereocenters. The number of aryl methyl sites for hydroxylation is 1. The van der Waals surface area contributed by atoms with Crippen molar-refractivity contribution >= 4 is 26.5 Å². The number of rotatable bonds is 4. The first kappa shape index (κ1) is 14.0. The Morgan fingerprint density at radius 1 is 1.37 bits per heavy atom. The third kappa shape index (κ3) is 3.12. The van der Waals surface area contributed by atoms with Crippen molar-refractivity contribution in [2.24, 2.45) is 0 Å². The van der Waals surface area contributed by atoms with Crippen LogP contribution >= 0.6 is 11.3 Å². The van der Waals surface area contributed by atoms with Crippen molar-refractivity contribution < 1.29 is 13.5 Å². The van der Waals surface area contributed by atoms with Crippen molar-refractivity contribution in [1.29, 1.82) is 0 Å². The number of benzene rings is 1. The molecule has 102 valence electrons. The Balaban J connectivity index is 2.29. The number of hydrogen-bond acceptors (Lipinski definition) is 5. The van der Waals surface area contributed by atoms with Crippen LogP contribution in [0.25, 0.3) is 0 Å². The number of thiazole rings is 1. The molecule has 1 unspecified atom stereocenters. The highest BCUT2D eigenvalue weighted by Gasteiger charge is 2.18. The Morgan fingerprint density at radius 2 is 2.05 bits per heavy atom.